The van der Waals surface area contributed by atoms with Gasteiger partial charge in [0.1, 0.15) is 28.5 Å². The van der Waals surface area contributed by atoms with Gasteiger partial charge in [0.2, 0.25) is 11.8 Å². The molecule has 12 nitrogen and oxygen atoms in total. The lowest BCUT2D eigenvalue weighted by Gasteiger charge is -2.40. The topological polar surface area (TPSA) is 136 Å². The van der Waals surface area contributed by atoms with Gasteiger partial charge in [-0.1, -0.05) is 12.2 Å². The third kappa shape index (κ3) is 7.37. The summed E-state index contributed by atoms with van der Waals surface area (Å²) in [6.07, 6.45) is 2.06. The third-order valence-electron chi connectivity index (χ3n) is 9.11. The lowest BCUT2D eigenvalue weighted by Crippen LogP contribution is -2.60. The zero-order valence-electron chi connectivity index (χ0n) is 27.2. The molecule has 264 valence electrons. The number of aliphatic imine (C=N–C) groups is 1. The Kier molecular flexibility index (Phi) is 10.1. The van der Waals surface area contributed by atoms with Gasteiger partial charge in [-0.3, -0.25) is 9.79 Å². The zero-order valence-corrected chi connectivity index (χ0v) is 28.8. The predicted octanol–water partition coefficient (Wildman–Crippen LogP) is 4.69. The van der Waals surface area contributed by atoms with Crippen molar-refractivity contribution in [1.29, 1.82) is 0 Å². The Bertz CT molecular complexity index is 1650. The summed E-state index contributed by atoms with van der Waals surface area (Å²) in [6.45, 7) is 0.697. The second kappa shape index (κ2) is 14.2. The second-order valence-corrected chi connectivity index (χ2v) is 14.3. The summed E-state index contributed by atoms with van der Waals surface area (Å²) in [7, 11) is 4.48. The number of carbonyl (C=O) groups excluding carboxylic acids is 3. The Balaban J connectivity index is 1.30. The first-order valence-electron chi connectivity index (χ1n) is 16.0. The molecule has 0 spiro atoms. The number of thiophene rings is 1. The predicted molar refractivity (Wildman–Crippen MR) is 177 cm³/mol. The highest BCUT2D eigenvalue weighted by Crippen LogP contribution is 2.46. The summed E-state index contributed by atoms with van der Waals surface area (Å²) < 4.78 is 57.3. The molecule has 2 aromatic heterocycles. The number of fused-ring (bicyclic) bond motifs is 2. The molecule has 2 fully saturated rings. The second-order valence-electron chi connectivity index (χ2n) is 12.4. The molecule has 0 radical (unpaired) electrons. The highest BCUT2D eigenvalue weighted by Gasteiger charge is 2.62. The number of amides is 3. The lowest BCUT2D eigenvalue weighted by molar-refractivity contribution is -0.147. The summed E-state index contributed by atoms with van der Waals surface area (Å²) in [5.74, 6) is -0.979. The minimum atomic E-state index is -4.50. The van der Waals surface area contributed by atoms with Gasteiger partial charge in [0.15, 0.2) is 11.9 Å². The van der Waals surface area contributed by atoms with Gasteiger partial charge in [-0.25, -0.2) is 14.6 Å². The monoisotopic (exact) mass is 722 g/mol. The van der Waals surface area contributed by atoms with Crippen LogP contribution >= 0.6 is 23.1 Å². The number of esters is 1. The molecule has 5 atom stereocenters. The van der Waals surface area contributed by atoms with Crippen LogP contribution in [-0.4, -0.2) is 113 Å². The molecule has 3 aliphatic heterocycles. The number of piperidine rings is 1. The highest BCUT2D eigenvalue weighted by molar-refractivity contribution is 8.14. The van der Waals surface area contributed by atoms with E-state index >= 15 is 0 Å². The molecule has 0 aromatic carbocycles. The minimum absolute atomic E-state index is 0.0162. The van der Waals surface area contributed by atoms with E-state index < -0.39 is 41.8 Å². The Morgan fingerprint density at radius 2 is 1.98 bits per heavy atom. The molecule has 49 heavy (non-hydrogen) atoms. The van der Waals surface area contributed by atoms with E-state index in [1.54, 1.807) is 29.5 Å². The first-order chi connectivity index (χ1) is 23.4. The number of methoxy groups -OCH3 is 2. The number of carbonyl (C=O) groups is 3. The van der Waals surface area contributed by atoms with Gasteiger partial charge in [0.25, 0.3) is 0 Å². The SMILES string of the molecule is COC(=O)[C@@]12C[C@@H]1/C=C\CCCCN(C)C(=O)N1CC[C@H](Oc3cc(-c4sccc4OC)nc(C4=NC(C(F)(F)F)CS4)n3)C[C@H]1C(=O)N2. The average molecular weight is 723 g/mol. The van der Waals surface area contributed by atoms with Crippen molar-refractivity contribution < 1.29 is 41.8 Å². The average Bonchev–Trinajstić information content (AvgIpc) is 3.41. The van der Waals surface area contributed by atoms with Gasteiger partial charge in [-0.05, 0) is 37.1 Å². The lowest BCUT2D eigenvalue weighted by atomic mass is 9.98. The zero-order chi connectivity index (χ0) is 34.9. The van der Waals surface area contributed by atoms with Gasteiger partial charge in [-0.15, -0.1) is 23.1 Å². The van der Waals surface area contributed by atoms with Crippen molar-refractivity contribution in [1.82, 2.24) is 25.1 Å². The van der Waals surface area contributed by atoms with Crippen molar-refractivity contribution >= 4 is 46.0 Å². The van der Waals surface area contributed by atoms with E-state index in [9.17, 15) is 27.6 Å². The summed E-state index contributed by atoms with van der Waals surface area (Å²) >= 11 is 2.25. The highest BCUT2D eigenvalue weighted by atomic mass is 32.2. The van der Waals surface area contributed by atoms with Crippen molar-refractivity contribution in [3.63, 3.8) is 0 Å². The smallest absolute Gasteiger partial charge is 0.411 e. The number of thioether (sulfide) groups is 1. The molecule has 1 N–H and O–H groups in total. The Morgan fingerprint density at radius 3 is 2.71 bits per heavy atom. The van der Waals surface area contributed by atoms with Crippen LogP contribution in [0.2, 0.25) is 0 Å². The Labute approximate surface area is 289 Å². The summed E-state index contributed by atoms with van der Waals surface area (Å²) in [4.78, 5) is 57.1. The Hall–Kier alpha value is -3.86. The van der Waals surface area contributed by atoms with E-state index in [0.29, 0.717) is 35.7 Å². The van der Waals surface area contributed by atoms with Crippen LogP contribution in [-0.2, 0) is 14.3 Å². The summed E-state index contributed by atoms with van der Waals surface area (Å²) in [5.41, 5.74) is -0.839. The maximum atomic E-state index is 14.0. The minimum Gasteiger partial charge on any atom is -0.495 e. The van der Waals surface area contributed by atoms with E-state index in [4.69, 9.17) is 14.2 Å². The molecule has 0 bridgehead atoms. The third-order valence-corrected chi connectivity index (χ3v) is 11.1. The van der Waals surface area contributed by atoms with Crippen LogP contribution in [0.4, 0.5) is 18.0 Å². The molecular formula is C32H37F3N6O6S2. The van der Waals surface area contributed by atoms with Crippen LogP contribution in [0.5, 0.6) is 11.6 Å². The van der Waals surface area contributed by atoms with E-state index in [2.05, 4.69) is 20.3 Å². The van der Waals surface area contributed by atoms with Crippen molar-refractivity contribution in [3.05, 3.63) is 35.5 Å². The van der Waals surface area contributed by atoms with Gasteiger partial charge in [0.05, 0.1) is 24.8 Å². The number of nitrogens with one attached hydrogen (secondary N) is 1. The summed E-state index contributed by atoms with van der Waals surface area (Å²) in [5, 5.41) is 4.75. The van der Waals surface area contributed by atoms with Gasteiger partial charge in [0, 0.05) is 50.7 Å². The van der Waals surface area contributed by atoms with Crippen LogP contribution in [0.15, 0.2) is 34.7 Å². The molecule has 1 saturated carbocycles. The van der Waals surface area contributed by atoms with Crippen LogP contribution < -0.4 is 14.8 Å². The summed E-state index contributed by atoms with van der Waals surface area (Å²) in [6, 6.07) is 0.164. The quantitative estimate of drug-likeness (QED) is 0.333. The molecular weight excluding hydrogens is 686 g/mol. The van der Waals surface area contributed by atoms with Crippen LogP contribution in [0.1, 0.15) is 44.3 Å². The largest absolute Gasteiger partial charge is 0.495 e. The Morgan fingerprint density at radius 1 is 1.16 bits per heavy atom. The first-order valence-corrected chi connectivity index (χ1v) is 17.8. The number of allylic oxidation sites excluding steroid dienone is 1. The fourth-order valence-corrected chi connectivity index (χ4v) is 8.14. The van der Waals surface area contributed by atoms with Crippen molar-refractivity contribution in [2.24, 2.45) is 10.9 Å². The molecule has 1 unspecified atom stereocenters. The molecule has 1 aliphatic carbocycles. The van der Waals surface area contributed by atoms with E-state index in [-0.39, 0.29) is 47.4 Å². The van der Waals surface area contributed by atoms with Crippen LogP contribution in [0.25, 0.3) is 10.6 Å². The number of hydrogen-bond donors (Lipinski definition) is 1. The van der Waals surface area contributed by atoms with Crippen molar-refractivity contribution in [3.8, 4) is 22.2 Å². The number of halogens is 3. The number of ether oxygens (including phenoxy) is 3. The van der Waals surface area contributed by atoms with Gasteiger partial charge < -0.3 is 29.3 Å². The molecule has 2 aromatic rings. The van der Waals surface area contributed by atoms with E-state index in [1.165, 1.54) is 30.5 Å². The number of nitrogens with zero attached hydrogens (tertiary/aromatic N) is 5. The molecule has 17 heteroatoms. The van der Waals surface area contributed by atoms with Crippen LogP contribution in [0, 0.1) is 5.92 Å². The van der Waals surface area contributed by atoms with Crippen LogP contribution in [0.3, 0.4) is 0 Å². The molecule has 5 heterocycles. The maximum absolute atomic E-state index is 14.0. The van der Waals surface area contributed by atoms with Gasteiger partial charge in [-0.2, -0.15) is 18.2 Å². The molecule has 3 amide bonds. The molecule has 1 saturated heterocycles. The van der Waals surface area contributed by atoms with E-state index in [0.717, 1.165) is 31.0 Å². The molecule has 4 aliphatic rings. The van der Waals surface area contributed by atoms with Crippen molar-refractivity contribution in [2.75, 3.05) is 40.1 Å². The maximum Gasteiger partial charge on any atom is 0.411 e. The van der Waals surface area contributed by atoms with Crippen molar-refractivity contribution in [2.45, 2.75) is 68.4 Å². The number of urea groups is 1. The normalized spacial score (nSPS) is 28.4. The first kappa shape index (κ1) is 35.0. The fraction of sp³-hybridized carbons (Fsp3) is 0.562. The standard InChI is InChI=1S/C32H37F3N6O6S2/c1-40-11-7-5-4-6-8-18-16-31(18,29(43)46-3)39-27(42)21-14-19(9-12-41(21)30(40)44)47-24-15-20(25-22(45-2)10-13-48-25)36-26(38-24)28-37-23(17-49-28)32(33,34)35/h6,8,10,13,15,18-19,21,23H,4-5,7,9,11-12,14,16-17H2,1-3H3,(H,39,42)/b8-6-/t18-,19-,21-,23?,31+/m0/s1. The fourth-order valence-electron chi connectivity index (χ4n) is 6.32. The number of alkyl halides is 3. The van der Waals surface area contributed by atoms with Gasteiger partial charge >= 0.3 is 18.2 Å². The molecule has 6 rings (SSSR count). The van der Waals surface area contributed by atoms with E-state index in [1.807, 2.05) is 12.2 Å². The number of aromatic nitrogens is 2. The number of hydrogen-bond acceptors (Lipinski definition) is 11. The number of rotatable bonds is 6.